The Morgan fingerprint density at radius 2 is 1.67 bits per heavy atom. The van der Waals surface area contributed by atoms with Crippen LogP contribution in [0.4, 0.5) is 10.8 Å². The van der Waals surface area contributed by atoms with Gasteiger partial charge in [0, 0.05) is 37.2 Å². The molecule has 0 atom stereocenters. The van der Waals surface area contributed by atoms with Crippen molar-refractivity contribution in [1.82, 2.24) is 15.7 Å². The molecule has 1 saturated heterocycles. The van der Waals surface area contributed by atoms with Crippen LogP contribution < -0.4 is 15.7 Å². The van der Waals surface area contributed by atoms with E-state index in [1.54, 1.807) is 5.48 Å². The van der Waals surface area contributed by atoms with Crippen LogP contribution in [0.15, 0.2) is 24.3 Å². The first kappa shape index (κ1) is 22.1. The van der Waals surface area contributed by atoms with Gasteiger partial charge in [0.2, 0.25) is 16.9 Å². The van der Waals surface area contributed by atoms with Crippen LogP contribution in [0, 0.1) is 0 Å². The topological polar surface area (TPSA) is 117 Å². The maximum absolute atomic E-state index is 12.1. The van der Waals surface area contributed by atoms with Crippen molar-refractivity contribution in [3.63, 3.8) is 0 Å². The van der Waals surface area contributed by atoms with Gasteiger partial charge in [0.25, 0.3) is 0 Å². The monoisotopic (exact) mass is 433 g/mol. The quantitative estimate of drug-likeness (QED) is 0.300. The number of nitrogens with zero attached hydrogens (tertiary/aromatic N) is 3. The molecule has 10 heteroatoms. The average molecular weight is 434 g/mol. The molecule has 9 nitrogen and oxygen atoms in total. The van der Waals surface area contributed by atoms with Crippen LogP contribution in [-0.2, 0) is 14.3 Å². The minimum absolute atomic E-state index is 0.0894. The molecule has 1 aromatic heterocycles. The molecule has 2 heterocycles. The Bertz CT molecular complexity index is 821. The number of hydrogen-bond acceptors (Lipinski definition) is 8. The zero-order chi connectivity index (χ0) is 21.2. The first-order chi connectivity index (χ1) is 14.7. The number of carbonyl (C=O) groups is 2. The largest absolute Gasteiger partial charge is 0.378 e. The fraction of sp³-hybridized carbons (Fsp3) is 0.500. The minimum atomic E-state index is -0.379. The summed E-state index contributed by atoms with van der Waals surface area (Å²) in [7, 11) is 0. The molecule has 2 amide bonds. The fourth-order valence-corrected chi connectivity index (χ4v) is 3.95. The van der Waals surface area contributed by atoms with E-state index in [4.69, 9.17) is 9.94 Å². The third-order valence-electron chi connectivity index (χ3n) is 4.84. The molecule has 3 rings (SSSR count). The van der Waals surface area contributed by atoms with Crippen LogP contribution in [0.5, 0.6) is 0 Å². The Morgan fingerprint density at radius 3 is 2.33 bits per heavy atom. The highest BCUT2D eigenvalue weighted by Crippen LogP contribution is 2.28. The van der Waals surface area contributed by atoms with Crippen molar-refractivity contribution >= 4 is 34.0 Å². The number of hydrogen-bond donors (Lipinski definition) is 3. The van der Waals surface area contributed by atoms with Crippen LogP contribution in [0.3, 0.4) is 0 Å². The van der Waals surface area contributed by atoms with Gasteiger partial charge in [-0.25, -0.2) is 5.48 Å². The minimum Gasteiger partial charge on any atom is -0.378 e. The van der Waals surface area contributed by atoms with E-state index in [1.807, 2.05) is 12.1 Å². The van der Waals surface area contributed by atoms with Crippen molar-refractivity contribution in [2.75, 3.05) is 36.5 Å². The van der Waals surface area contributed by atoms with E-state index in [0.29, 0.717) is 24.4 Å². The standard InChI is InChI=1S/C20H27N5O4S/c26-17(5-3-1-2-4-6-18(27)24-28)21-20-23-22-19(30-20)15-7-9-16(10-8-15)25-11-13-29-14-12-25/h7-10,28H,1-6,11-14H2,(H,24,27)(H,21,23,26). The number of rotatable bonds is 10. The van der Waals surface area contributed by atoms with Gasteiger partial charge in [0.15, 0.2) is 0 Å². The third kappa shape index (κ3) is 6.75. The van der Waals surface area contributed by atoms with E-state index < -0.39 is 0 Å². The highest BCUT2D eigenvalue weighted by atomic mass is 32.1. The molecular formula is C20H27N5O4S. The summed E-state index contributed by atoms with van der Waals surface area (Å²) < 4.78 is 5.39. The number of ether oxygens (including phenoxy) is 1. The summed E-state index contributed by atoms with van der Waals surface area (Å²) in [6.45, 7) is 3.29. The molecular weight excluding hydrogens is 406 g/mol. The van der Waals surface area contributed by atoms with Gasteiger partial charge in [-0.1, -0.05) is 24.2 Å². The Labute approximate surface area is 179 Å². The maximum Gasteiger partial charge on any atom is 0.243 e. The molecule has 0 bridgehead atoms. The summed E-state index contributed by atoms with van der Waals surface area (Å²) in [5.41, 5.74) is 3.74. The van der Waals surface area contributed by atoms with Gasteiger partial charge in [-0.2, -0.15) is 0 Å². The number of anilines is 2. The molecule has 2 aromatic rings. The van der Waals surface area contributed by atoms with Crippen molar-refractivity contribution in [1.29, 1.82) is 0 Å². The number of hydroxylamine groups is 1. The van der Waals surface area contributed by atoms with Crippen molar-refractivity contribution in [2.45, 2.75) is 38.5 Å². The van der Waals surface area contributed by atoms with Gasteiger partial charge in [-0.05, 0) is 37.1 Å². The number of morpholine rings is 1. The molecule has 0 unspecified atom stereocenters. The number of carbonyl (C=O) groups excluding carboxylic acids is 2. The summed E-state index contributed by atoms with van der Waals surface area (Å²) >= 11 is 1.35. The molecule has 1 fully saturated rings. The highest BCUT2D eigenvalue weighted by Gasteiger charge is 2.13. The molecule has 1 aliphatic rings. The highest BCUT2D eigenvalue weighted by molar-refractivity contribution is 7.18. The molecule has 162 valence electrons. The van der Waals surface area contributed by atoms with Crippen molar-refractivity contribution in [3.8, 4) is 10.6 Å². The lowest BCUT2D eigenvalue weighted by Crippen LogP contribution is -2.36. The Kier molecular flexibility index (Phi) is 8.54. The average Bonchev–Trinajstić information content (AvgIpc) is 3.25. The van der Waals surface area contributed by atoms with Crippen molar-refractivity contribution in [3.05, 3.63) is 24.3 Å². The summed E-state index contributed by atoms with van der Waals surface area (Å²) in [5.74, 6) is -0.469. The van der Waals surface area contributed by atoms with E-state index in [-0.39, 0.29) is 11.8 Å². The lowest BCUT2D eigenvalue weighted by atomic mass is 10.1. The van der Waals surface area contributed by atoms with Gasteiger partial charge in [0.1, 0.15) is 5.01 Å². The van der Waals surface area contributed by atoms with Crippen LogP contribution in [-0.4, -0.2) is 53.5 Å². The van der Waals surface area contributed by atoms with Crippen molar-refractivity contribution in [2.24, 2.45) is 0 Å². The number of unbranched alkanes of at least 4 members (excludes halogenated alkanes) is 3. The van der Waals surface area contributed by atoms with E-state index in [2.05, 4.69) is 32.5 Å². The molecule has 0 saturated carbocycles. The SMILES string of the molecule is O=C(CCCCCCC(=O)Nc1nnc(-c2ccc(N3CCOCC3)cc2)s1)NO. The zero-order valence-corrected chi connectivity index (χ0v) is 17.6. The first-order valence-corrected chi connectivity index (χ1v) is 11.0. The number of nitrogens with one attached hydrogen (secondary N) is 2. The molecule has 3 N–H and O–H groups in total. The van der Waals surface area contributed by atoms with Crippen LogP contribution in [0.2, 0.25) is 0 Å². The summed E-state index contributed by atoms with van der Waals surface area (Å²) in [6.07, 6.45) is 3.81. The third-order valence-corrected chi connectivity index (χ3v) is 5.73. The molecule has 1 aliphatic heterocycles. The first-order valence-electron chi connectivity index (χ1n) is 10.1. The van der Waals surface area contributed by atoms with Gasteiger partial charge in [0.05, 0.1) is 13.2 Å². The van der Waals surface area contributed by atoms with Gasteiger partial charge in [-0.3, -0.25) is 14.8 Å². The van der Waals surface area contributed by atoms with Gasteiger partial charge >= 0.3 is 0 Å². The van der Waals surface area contributed by atoms with Crippen LogP contribution in [0.1, 0.15) is 38.5 Å². The van der Waals surface area contributed by atoms with Crippen molar-refractivity contribution < 1.29 is 19.5 Å². The molecule has 0 radical (unpaired) electrons. The normalized spacial score (nSPS) is 13.8. The Balaban J connectivity index is 1.41. The number of benzene rings is 1. The molecule has 30 heavy (non-hydrogen) atoms. The van der Waals surface area contributed by atoms with Gasteiger partial charge in [-0.15, -0.1) is 10.2 Å². The summed E-state index contributed by atoms with van der Waals surface area (Å²) in [4.78, 5) is 25.3. The Hall–Kier alpha value is -2.56. The lowest BCUT2D eigenvalue weighted by Gasteiger charge is -2.28. The van der Waals surface area contributed by atoms with E-state index in [0.717, 1.165) is 61.8 Å². The van der Waals surface area contributed by atoms with Crippen LogP contribution >= 0.6 is 11.3 Å². The lowest BCUT2D eigenvalue weighted by molar-refractivity contribution is -0.129. The predicted molar refractivity (Wildman–Crippen MR) is 115 cm³/mol. The summed E-state index contributed by atoms with van der Waals surface area (Å²) in [5, 5.41) is 20.7. The van der Waals surface area contributed by atoms with Crippen LogP contribution in [0.25, 0.3) is 10.6 Å². The molecule has 1 aromatic carbocycles. The second-order valence-electron chi connectivity index (χ2n) is 7.06. The zero-order valence-electron chi connectivity index (χ0n) is 16.8. The molecule has 0 aliphatic carbocycles. The number of aromatic nitrogens is 2. The molecule has 0 spiro atoms. The second kappa shape index (κ2) is 11.6. The summed E-state index contributed by atoms with van der Waals surface area (Å²) in [6, 6.07) is 8.19. The van der Waals surface area contributed by atoms with E-state index in [9.17, 15) is 9.59 Å². The number of amides is 2. The smallest absolute Gasteiger partial charge is 0.243 e. The fourth-order valence-electron chi connectivity index (χ4n) is 3.19. The van der Waals surface area contributed by atoms with E-state index in [1.165, 1.54) is 11.3 Å². The predicted octanol–water partition coefficient (Wildman–Crippen LogP) is 2.83. The maximum atomic E-state index is 12.1. The van der Waals surface area contributed by atoms with E-state index >= 15 is 0 Å². The Morgan fingerprint density at radius 1 is 1.00 bits per heavy atom. The van der Waals surface area contributed by atoms with Gasteiger partial charge < -0.3 is 15.0 Å². The second-order valence-corrected chi connectivity index (χ2v) is 8.03.